The minimum absolute atomic E-state index is 0.00992. The van der Waals surface area contributed by atoms with Crippen LogP contribution >= 0.6 is 34.8 Å². The maximum atomic E-state index is 11.9. The summed E-state index contributed by atoms with van der Waals surface area (Å²) in [6, 6.07) is 11.5. The zero-order chi connectivity index (χ0) is 20.5. The minimum atomic E-state index is -0.574. The molecule has 2 aromatic carbocycles. The molecule has 2 aromatic rings. The maximum Gasteiger partial charge on any atom is 0.306 e. The van der Waals surface area contributed by atoms with E-state index in [1.165, 1.54) is 6.07 Å². The molecule has 0 fully saturated rings. The molecule has 148 valence electrons. The van der Waals surface area contributed by atoms with Gasteiger partial charge < -0.3 is 15.4 Å². The maximum absolute atomic E-state index is 11.9. The van der Waals surface area contributed by atoms with Crippen LogP contribution in [-0.2, 0) is 19.1 Å². The summed E-state index contributed by atoms with van der Waals surface area (Å²) in [6.07, 6.45) is 0.412. The number of rotatable bonds is 8. The zero-order valence-corrected chi connectivity index (χ0v) is 16.9. The molecule has 9 heteroatoms. The van der Waals surface area contributed by atoms with Gasteiger partial charge in [-0.15, -0.1) is 0 Å². The lowest BCUT2D eigenvalue weighted by Crippen LogP contribution is -2.21. The van der Waals surface area contributed by atoms with Crippen molar-refractivity contribution in [1.29, 1.82) is 0 Å². The quantitative estimate of drug-likeness (QED) is 0.566. The van der Waals surface area contributed by atoms with Crippen molar-refractivity contribution in [2.75, 3.05) is 17.2 Å². The summed E-state index contributed by atoms with van der Waals surface area (Å²) in [5.41, 5.74) is 0.947. The van der Waals surface area contributed by atoms with Crippen molar-refractivity contribution in [2.45, 2.75) is 19.3 Å². The van der Waals surface area contributed by atoms with E-state index >= 15 is 0 Å². The van der Waals surface area contributed by atoms with Gasteiger partial charge in [0, 0.05) is 18.5 Å². The third kappa shape index (κ3) is 7.38. The number of nitrogens with one attached hydrogen (secondary N) is 2. The predicted molar refractivity (Wildman–Crippen MR) is 110 cm³/mol. The summed E-state index contributed by atoms with van der Waals surface area (Å²) in [7, 11) is 0. The lowest BCUT2D eigenvalue weighted by Gasteiger charge is -2.08. The number of carbonyl (C=O) groups is 3. The molecule has 0 radical (unpaired) electrons. The van der Waals surface area contributed by atoms with Gasteiger partial charge >= 0.3 is 5.97 Å². The Morgan fingerprint density at radius 1 is 0.821 bits per heavy atom. The predicted octanol–water partition coefficient (Wildman–Crippen LogP) is 4.94. The van der Waals surface area contributed by atoms with E-state index in [1.54, 1.807) is 36.4 Å². The molecule has 0 heterocycles. The highest BCUT2D eigenvalue weighted by Crippen LogP contribution is 2.25. The van der Waals surface area contributed by atoms with E-state index in [-0.39, 0.29) is 25.2 Å². The Morgan fingerprint density at radius 2 is 1.57 bits per heavy atom. The number of hydrogen-bond donors (Lipinski definition) is 2. The Kier molecular flexibility index (Phi) is 8.57. The summed E-state index contributed by atoms with van der Waals surface area (Å²) in [4.78, 5) is 35.3. The van der Waals surface area contributed by atoms with Gasteiger partial charge in [0.25, 0.3) is 5.91 Å². The largest absolute Gasteiger partial charge is 0.456 e. The van der Waals surface area contributed by atoms with Gasteiger partial charge in [-0.3, -0.25) is 14.4 Å². The van der Waals surface area contributed by atoms with Crippen LogP contribution in [0.1, 0.15) is 19.3 Å². The highest BCUT2D eigenvalue weighted by Gasteiger charge is 2.11. The molecule has 0 bridgehead atoms. The zero-order valence-electron chi connectivity index (χ0n) is 14.6. The van der Waals surface area contributed by atoms with Crippen molar-refractivity contribution in [2.24, 2.45) is 0 Å². The highest BCUT2D eigenvalue weighted by atomic mass is 35.5. The number of halogens is 3. The third-order valence-corrected chi connectivity index (χ3v) is 4.57. The molecule has 0 aromatic heterocycles. The highest BCUT2D eigenvalue weighted by molar-refractivity contribution is 6.42. The molecule has 0 aliphatic heterocycles. The molecule has 0 aliphatic rings. The number of ether oxygens (including phenoxy) is 1. The first kappa shape index (κ1) is 22.0. The van der Waals surface area contributed by atoms with E-state index in [4.69, 9.17) is 39.5 Å². The lowest BCUT2D eigenvalue weighted by molar-refractivity contribution is -0.147. The molecule has 0 saturated heterocycles. The Labute approximate surface area is 177 Å². The first-order valence-electron chi connectivity index (χ1n) is 8.30. The molecule has 28 heavy (non-hydrogen) atoms. The molecule has 2 amide bonds. The topological polar surface area (TPSA) is 84.5 Å². The van der Waals surface area contributed by atoms with E-state index in [2.05, 4.69) is 10.6 Å². The second-order valence-electron chi connectivity index (χ2n) is 5.72. The van der Waals surface area contributed by atoms with E-state index in [1.807, 2.05) is 0 Å². The Balaban J connectivity index is 1.65. The number of benzene rings is 2. The molecule has 0 saturated carbocycles. The van der Waals surface area contributed by atoms with Crippen molar-refractivity contribution >= 4 is 64.0 Å². The Bertz CT molecular complexity index is 874. The van der Waals surface area contributed by atoms with Gasteiger partial charge in [-0.1, -0.05) is 46.9 Å². The third-order valence-electron chi connectivity index (χ3n) is 3.50. The molecule has 2 N–H and O–H groups in total. The van der Waals surface area contributed by atoms with Crippen LogP contribution in [0, 0.1) is 0 Å². The lowest BCUT2D eigenvalue weighted by atomic mass is 10.2. The first-order chi connectivity index (χ1) is 13.3. The SMILES string of the molecule is O=C(COC(=O)CCCC(=O)Nc1ccccc1Cl)Nc1ccc(Cl)c(Cl)c1. The number of para-hydroxylation sites is 1. The monoisotopic (exact) mass is 442 g/mol. The van der Waals surface area contributed by atoms with Gasteiger partial charge in [-0.05, 0) is 36.8 Å². The molecule has 0 aliphatic carbocycles. The van der Waals surface area contributed by atoms with Crippen LogP contribution in [0.25, 0.3) is 0 Å². The smallest absolute Gasteiger partial charge is 0.306 e. The van der Waals surface area contributed by atoms with E-state index in [9.17, 15) is 14.4 Å². The Morgan fingerprint density at radius 3 is 2.29 bits per heavy atom. The van der Waals surface area contributed by atoms with Gasteiger partial charge in [0.05, 0.1) is 20.8 Å². The van der Waals surface area contributed by atoms with Gasteiger partial charge in [-0.2, -0.15) is 0 Å². The fourth-order valence-electron chi connectivity index (χ4n) is 2.16. The fraction of sp³-hybridized carbons (Fsp3) is 0.211. The number of hydrogen-bond acceptors (Lipinski definition) is 4. The van der Waals surface area contributed by atoms with E-state index < -0.39 is 18.5 Å². The summed E-state index contributed by atoms with van der Waals surface area (Å²) in [6.45, 7) is -0.440. The van der Waals surface area contributed by atoms with Crippen LogP contribution in [-0.4, -0.2) is 24.4 Å². The van der Waals surface area contributed by atoms with Crippen LogP contribution in [0.5, 0.6) is 0 Å². The van der Waals surface area contributed by atoms with Crippen molar-refractivity contribution in [3.05, 3.63) is 57.5 Å². The van der Waals surface area contributed by atoms with E-state index in [0.29, 0.717) is 26.4 Å². The van der Waals surface area contributed by atoms with Crippen LogP contribution < -0.4 is 10.6 Å². The normalized spacial score (nSPS) is 10.2. The van der Waals surface area contributed by atoms with Crippen LogP contribution in [0.4, 0.5) is 11.4 Å². The average molecular weight is 444 g/mol. The standard InChI is InChI=1S/C19H17Cl3N2O4/c20-13-9-8-12(10-15(13)22)23-18(26)11-28-19(27)7-3-6-17(25)24-16-5-2-1-4-14(16)21/h1-2,4-5,8-10H,3,6-7,11H2,(H,23,26)(H,24,25). The number of carbonyl (C=O) groups excluding carboxylic acids is 3. The molecule has 0 atom stereocenters. The number of anilines is 2. The van der Waals surface area contributed by atoms with Crippen molar-refractivity contribution < 1.29 is 19.1 Å². The number of amides is 2. The summed E-state index contributed by atoms with van der Waals surface area (Å²) in [5.74, 6) is -1.35. The van der Waals surface area contributed by atoms with Crippen molar-refractivity contribution in [1.82, 2.24) is 0 Å². The van der Waals surface area contributed by atoms with Crippen molar-refractivity contribution in [3.8, 4) is 0 Å². The van der Waals surface area contributed by atoms with Crippen LogP contribution in [0.3, 0.4) is 0 Å². The van der Waals surface area contributed by atoms with Crippen LogP contribution in [0.15, 0.2) is 42.5 Å². The molecule has 0 spiro atoms. The molecule has 6 nitrogen and oxygen atoms in total. The molecular formula is C19H17Cl3N2O4. The second-order valence-corrected chi connectivity index (χ2v) is 6.94. The van der Waals surface area contributed by atoms with Gasteiger partial charge in [0.15, 0.2) is 6.61 Å². The summed E-state index contributed by atoms with van der Waals surface area (Å²) >= 11 is 17.6. The molecule has 2 rings (SSSR count). The first-order valence-corrected chi connectivity index (χ1v) is 9.43. The van der Waals surface area contributed by atoms with E-state index in [0.717, 1.165) is 0 Å². The molecule has 0 unspecified atom stereocenters. The summed E-state index contributed by atoms with van der Waals surface area (Å²) < 4.78 is 4.89. The van der Waals surface area contributed by atoms with Gasteiger partial charge in [0.1, 0.15) is 0 Å². The van der Waals surface area contributed by atoms with Crippen molar-refractivity contribution in [3.63, 3.8) is 0 Å². The van der Waals surface area contributed by atoms with Gasteiger partial charge in [0.2, 0.25) is 5.91 Å². The number of esters is 1. The fourth-order valence-corrected chi connectivity index (χ4v) is 2.64. The summed E-state index contributed by atoms with van der Waals surface area (Å²) in [5, 5.41) is 6.30. The minimum Gasteiger partial charge on any atom is -0.456 e. The second kappa shape index (κ2) is 10.9. The Hall–Kier alpha value is -2.28. The molecular weight excluding hydrogens is 427 g/mol. The average Bonchev–Trinajstić information content (AvgIpc) is 2.65. The van der Waals surface area contributed by atoms with Gasteiger partial charge in [-0.25, -0.2) is 0 Å². The van der Waals surface area contributed by atoms with Crippen LogP contribution in [0.2, 0.25) is 15.1 Å².